The minimum atomic E-state index is -0.461. The largest absolute Gasteiger partial charge is 0.489 e. The first-order valence-corrected chi connectivity index (χ1v) is 4.34. The highest BCUT2D eigenvalue weighted by atomic mass is 16.6. The highest BCUT2D eigenvalue weighted by Crippen LogP contribution is 2.29. The maximum Gasteiger partial charge on any atom is 0.280 e. The number of benzene rings is 1. The van der Waals surface area contributed by atoms with Crippen LogP contribution in [-0.4, -0.2) is 11.5 Å². The molecule has 0 saturated carbocycles. The second-order valence-corrected chi connectivity index (χ2v) is 2.75. The van der Waals surface area contributed by atoms with Gasteiger partial charge in [0, 0.05) is 6.07 Å². The molecule has 0 atom stereocenters. The van der Waals surface area contributed by atoms with E-state index >= 15 is 0 Å². The molecule has 15 heavy (non-hydrogen) atoms. The lowest BCUT2D eigenvalue weighted by Crippen LogP contribution is -1.98. The van der Waals surface area contributed by atoms with Crippen molar-refractivity contribution in [1.29, 1.82) is 0 Å². The molecule has 0 N–H and O–H groups in total. The third-order valence-electron chi connectivity index (χ3n) is 1.80. The van der Waals surface area contributed by atoms with Gasteiger partial charge in [-0.1, -0.05) is 31.4 Å². The van der Waals surface area contributed by atoms with E-state index in [0.29, 0.717) is 17.9 Å². The molecule has 78 valence electrons. The average Bonchev–Trinajstić information content (AvgIpc) is 2.25. The summed E-state index contributed by atoms with van der Waals surface area (Å²) in [6, 6.07) is 4.65. The Morgan fingerprint density at radius 1 is 1.47 bits per heavy atom. The molecule has 1 aromatic rings. The van der Waals surface area contributed by atoms with Gasteiger partial charge in [-0.3, -0.25) is 10.1 Å². The standard InChI is InChI=1S/C11H11NO3/c1-3-8-15-11-7-5-6-10(12(13)14)9(11)4-2/h3-7H,1-2,8H2. The summed E-state index contributed by atoms with van der Waals surface area (Å²) in [5, 5.41) is 10.7. The van der Waals surface area contributed by atoms with Crippen LogP contribution in [0.4, 0.5) is 5.69 Å². The van der Waals surface area contributed by atoms with Crippen LogP contribution >= 0.6 is 0 Å². The van der Waals surface area contributed by atoms with Crippen molar-refractivity contribution in [2.45, 2.75) is 0 Å². The number of nitrogens with zero attached hydrogens (tertiary/aromatic N) is 1. The maximum atomic E-state index is 10.7. The smallest absolute Gasteiger partial charge is 0.280 e. The van der Waals surface area contributed by atoms with Crippen molar-refractivity contribution in [2.75, 3.05) is 6.61 Å². The first kappa shape index (κ1) is 11.0. The molecule has 0 spiro atoms. The van der Waals surface area contributed by atoms with Crippen molar-refractivity contribution >= 4 is 11.8 Å². The summed E-state index contributed by atoms with van der Waals surface area (Å²) in [6.45, 7) is 7.34. The quantitative estimate of drug-likeness (QED) is 0.422. The molecule has 0 radical (unpaired) electrons. The first-order valence-electron chi connectivity index (χ1n) is 4.34. The van der Waals surface area contributed by atoms with Crippen LogP contribution in [0.15, 0.2) is 37.4 Å². The van der Waals surface area contributed by atoms with E-state index in [1.165, 1.54) is 12.1 Å². The van der Waals surface area contributed by atoms with Gasteiger partial charge in [-0.15, -0.1) is 0 Å². The lowest BCUT2D eigenvalue weighted by atomic mass is 10.1. The van der Waals surface area contributed by atoms with Gasteiger partial charge >= 0.3 is 0 Å². The summed E-state index contributed by atoms with van der Waals surface area (Å²) < 4.78 is 5.27. The second kappa shape index (κ2) is 4.95. The Labute approximate surface area is 87.6 Å². The van der Waals surface area contributed by atoms with E-state index in [2.05, 4.69) is 13.2 Å². The van der Waals surface area contributed by atoms with Gasteiger partial charge in [0.1, 0.15) is 12.4 Å². The van der Waals surface area contributed by atoms with E-state index in [4.69, 9.17) is 4.74 Å². The van der Waals surface area contributed by atoms with Crippen molar-refractivity contribution in [3.05, 3.63) is 53.1 Å². The fraction of sp³-hybridized carbons (Fsp3) is 0.0909. The van der Waals surface area contributed by atoms with Gasteiger partial charge in [0.15, 0.2) is 0 Å². The lowest BCUT2D eigenvalue weighted by molar-refractivity contribution is -0.385. The zero-order valence-corrected chi connectivity index (χ0v) is 8.18. The van der Waals surface area contributed by atoms with Crippen LogP contribution < -0.4 is 4.74 Å². The van der Waals surface area contributed by atoms with Crippen LogP contribution in [0.1, 0.15) is 5.56 Å². The van der Waals surface area contributed by atoms with E-state index in [-0.39, 0.29) is 5.69 Å². The van der Waals surface area contributed by atoms with E-state index < -0.39 is 4.92 Å². The van der Waals surface area contributed by atoms with Crippen molar-refractivity contribution in [1.82, 2.24) is 0 Å². The molecule has 1 aromatic carbocycles. The Kier molecular flexibility index (Phi) is 3.62. The molecule has 0 heterocycles. The van der Waals surface area contributed by atoms with E-state index in [1.54, 1.807) is 18.2 Å². The number of nitro benzene ring substituents is 1. The third kappa shape index (κ3) is 2.43. The lowest BCUT2D eigenvalue weighted by Gasteiger charge is -2.06. The SMILES string of the molecule is C=CCOc1cccc([N+](=O)[O-])c1C=C. The Morgan fingerprint density at radius 2 is 2.20 bits per heavy atom. The van der Waals surface area contributed by atoms with Gasteiger partial charge in [-0.05, 0) is 6.07 Å². The Bertz CT molecular complexity index is 399. The number of nitro groups is 1. The molecule has 0 fully saturated rings. The van der Waals surface area contributed by atoms with Crippen LogP contribution in [0.5, 0.6) is 5.75 Å². The first-order chi connectivity index (χ1) is 7.20. The third-order valence-corrected chi connectivity index (χ3v) is 1.80. The van der Waals surface area contributed by atoms with E-state index in [9.17, 15) is 10.1 Å². The highest BCUT2D eigenvalue weighted by Gasteiger charge is 2.14. The Morgan fingerprint density at radius 3 is 2.73 bits per heavy atom. The van der Waals surface area contributed by atoms with Crippen LogP contribution in [0.3, 0.4) is 0 Å². The topological polar surface area (TPSA) is 52.4 Å². The fourth-order valence-electron chi connectivity index (χ4n) is 1.17. The normalized spacial score (nSPS) is 9.33. The monoisotopic (exact) mass is 205 g/mol. The van der Waals surface area contributed by atoms with Crippen LogP contribution in [0.2, 0.25) is 0 Å². The maximum absolute atomic E-state index is 10.7. The van der Waals surface area contributed by atoms with Crippen LogP contribution in [0.25, 0.3) is 6.08 Å². The summed E-state index contributed by atoms with van der Waals surface area (Å²) in [5.74, 6) is 0.444. The number of hydrogen-bond donors (Lipinski definition) is 0. The summed E-state index contributed by atoms with van der Waals surface area (Å²) in [7, 11) is 0. The Balaban J connectivity index is 3.15. The molecule has 0 aliphatic rings. The molecule has 0 amide bonds. The summed E-state index contributed by atoms with van der Waals surface area (Å²) in [5.41, 5.74) is 0.385. The van der Waals surface area contributed by atoms with Gasteiger partial charge in [-0.2, -0.15) is 0 Å². The summed E-state index contributed by atoms with van der Waals surface area (Å²) >= 11 is 0. The van der Waals surface area contributed by atoms with Crippen molar-refractivity contribution in [2.24, 2.45) is 0 Å². The number of ether oxygens (including phenoxy) is 1. The van der Waals surface area contributed by atoms with Gasteiger partial charge in [0.2, 0.25) is 0 Å². The van der Waals surface area contributed by atoms with E-state index in [1.807, 2.05) is 0 Å². The van der Waals surface area contributed by atoms with Crippen LogP contribution in [-0.2, 0) is 0 Å². The molecule has 0 saturated heterocycles. The van der Waals surface area contributed by atoms with E-state index in [0.717, 1.165) is 0 Å². The average molecular weight is 205 g/mol. The molecular weight excluding hydrogens is 194 g/mol. The minimum Gasteiger partial charge on any atom is -0.489 e. The summed E-state index contributed by atoms with van der Waals surface area (Å²) in [4.78, 5) is 10.2. The molecule has 0 aliphatic carbocycles. The van der Waals surface area contributed by atoms with Gasteiger partial charge in [0.25, 0.3) is 5.69 Å². The molecule has 0 bridgehead atoms. The van der Waals surface area contributed by atoms with Crippen LogP contribution in [0, 0.1) is 10.1 Å². The number of rotatable bonds is 5. The molecule has 0 aliphatic heterocycles. The molecule has 0 aromatic heterocycles. The predicted molar refractivity (Wildman–Crippen MR) is 58.9 cm³/mol. The molecule has 4 heteroatoms. The second-order valence-electron chi connectivity index (χ2n) is 2.75. The molecule has 1 rings (SSSR count). The Hall–Kier alpha value is -2.10. The fourth-order valence-corrected chi connectivity index (χ4v) is 1.17. The minimum absolute atomic E-state index is 0.00781. The predicted octanol–water partition coefficient (Wildman–Crippen LogP) is 2.80. The van der Waals surface area contributed by atoms with Crippen molar-refractivity contribution in [3.8, 4) is 5.75 Å². The number of hydrogen-bond acceptors (Lipinski definition) is 3. The van der Waals surface area contributed by atoms with Gasteiger partial charge < -0.3 is 4.74 Å². The van der Waals surface area contributed by atoms with Gasteiger partial charge in [0.05, 0.1) is 10.5 Å². The molecule has 0 unspecified atom stereocenters. The van der Waals surface area contributed by atoms with Crippen molar-refractivity contribution in [3.63, 3.8) is 0 Å². The van der Waals surface area contributed by atoms with Crippen molar-refractivity contribution < 1.29 is 9.66 Å². The zero-order chi connectivity index (χ0) is 11.3. The summed E-state index contributed by atoms with van der Waals surface area (Å²) in [6.07, 6.45) is 2.99. The van der Waals surface area contributed by atoms with Gasteiger partial charge in [-0.25, -0.2) is 0 Å². The zero-order valence-electron chi connectivity index (χ0n) is 8.18. The highest BCUT2D eigenvalue weighted by molar-refractivity contribution is 5.66. The molecule has 4 nitrogen and oxygen atoms in total. The molecular formula is C11H11NO3.